The van der Waals surface area contributed by atoms with Gasteiger partial charge in [-0.1, -0.05) is 12.1 Å². The third-order valence-electron chi connectivity index (χ3n) is 7.61. The summed E-state index contributed by atoms with van der Waals surface area (Å²) < 4.78 is 40.5. The van der Waals surface area contributed by atoms with E-state index < -0.39 is 24.0 Å². The zero-order chi connectivity index (χ0) is 27.0. The van der Waals surface area contributed by atoms with E-state index in [0.29, 0.717) is 17.1 Å². The summed E-state index contributed by atoms with van der Waals surface area (Å²) in [5, 5.41) is 3.60. The molecule has 5 N–H and O–H groups in total. The zero-order valence-electron chi connectivity index (χ0n) is 21.2. The molecule has 2 aromatic heterocycles. The Morgan fingerprint density at radius 3 is 2.63 bits per heavy atom. The van der Waals surface area contributed by atoms with Crippen LogP contribution in [-0.4, -0.2) is 66.2 Å². The van der Waals surface area contributed by atoms with Gasteiger partial charge in [0.25, 0.3) is 5.91 Å². The summed E-state index contributed by atoms with van der Waals surface area (Å²) in [5.74, 6) is -1.68. The van der Waals surface area contributed by atoms with E-state index in [1.807, 2.05) is 12.1 Å². The van der Waals surface area contributed by atoms with Crippen molar-refractivity contribution < 1.29 is 18.0 Å². The maximum atomic E-state index is 13.5. The second-order valence-corrected chi connectivity index (χ2v) is 10.4. The van der Waals surface area contributed by atoms with Gasteiger partial charge in [-0.05, 0) is 69.1 Å². The standard InChI is InChI=1S/C27H32F3N7O/c1-36-8-5-16(6-9-36)17-2-3-18-10-21(32)25(34-22(18)11-17)26(38)35-23-13-33-7-4-24(23)37-14-19(27(28,29)30)12-20(31)15-37/h2-4,7,10-11,13,16,19-20H,5-6,8-9,12,14-15,31-32H2,1H3,(H,35,38)/t19-,20+/m1/s1. The molecule has 2 fully saturated rings. The Bertz CT molecular complexity index is 1320. The summed E-state index contributed by atoms with van der Waals surface area (Å²) in [6, 6.07) is 8.74. The fraction of sp³-hybridized carbons (Fsp3) is 0.444. The second-order valence-electron chi connectivity index (χ2n) is 10.4. The van der Waals surface area contributed by atoms with Crippen LogP contribution in [0.5, 0.6) is 0 Å². The molecule has 0 aliphatic carbocycles. The van der Waals surface area contributed by atoms with Gasteiger partial charge in [0.2, 0.25) is 0 Å². The van der Waals surface area contributed by atoms with Crippen molar-refractivity contribution in [1.82, 2.24) is 14.9 Å². The quantitative estimate of drug-likeness (QED) is 0.470. The highest BCUT2D eigenvalue weighted by atomic mass is 19.4. The Kier molecular flexibility index (Phi) is 7.15. The molecule has 0 spiro atoms. The lowest BCUT2D eigenvalue weighted by molar-refractivity contribution is -0.177. The summed E-state index contributed by atoms with van der Waals surface area (Å²) in [5.41, 5.74) is 15.0. The van der Waals surface area contributed by atoms with Crippen molar-refractivity contribution in [2.45, 2.75) is 37.4 Å². The summed E-state index contributed by atoms with van der Waals surface area (Å²) in [6.45, 7) is 2.05. The van der Waals surface area contributed by atoms with Gasteiger partial charge in [0, 0.05) is 30.7 Å². The van der Waals surface area contributed by atoms with Crippen molar-refractivity contribution in [1.29, 1.82) is 0 Å². The third kappa shape index (κ3) is 5.53. The van der Waals surface area contributed by atoms with Gasteiger partial charge in [0.1, 0.15) is 0 Å². The number of rotatable bonds is 4. The smallest absolute Gasteiger partial charge is 0.393 e. The van der Waals surface area contributed by atoms with Crippen LogP contribution in [0.3, 0.4) is 0 Å². The van der Waals surface area contributed by atoms with E-state index in [1.54, 1.807) is 17.0 Å². The molecule has 0 radical (unpaired) electrons. The minimum absolute atomic E-state index is 0.0522. The molecule has 0 bridgehead atoms. The molecule has 5 rings (SSSR count). The Hall–Kier alpha value is -3.44. The van der Waals surface area contributed by atoms with Crippen LogP contribution in [0.25, 0.3) is 10.9 Å². The number of benzene rings is 1. The van der Waals surface area contributed by atoms with Crippen LogP contribution < -0.4 is 21.7 Å². The van der Waals surface area contributed by atoms with Crippen LogP contribution >= 0.6 is 0 Å². The van der Waals surface area contributed by atoms with Crippen molar-refractivity contribution in [2.75, 3.05) is 49.2 Å². The van der Waals surface area contributed by atoms with Gasteiger partial charge in [-0.2, -0.15) is 13.2 Å². The van der Waals surface area contributed by atoms with Gasteiger partial charge >= 0.3 is 6.18 Å². The zero-order valence-corrected chi connectivity index (χ0v) is 21.2. The van der Waals surface area contributed by atoms with Crippen molar-refractivity contribution in [2.24, 2.45) is 11.7 Å². The van der Waals surface area contributed by atoms with E-state index in [0.717, 1.165) is 31.3 Å². The first-order chi connectivity index (χ1) is 18.1. The van der Waals surface area contributed by atoms with Crippen LogP contribution in [0.15, 0.2) is 42.7 Å². The number of halogens is 3. The Morgan fingerprint density at radius 1 is 1.13 bits per heavy atom. The number of aromatic nitrogens is 2. The highest BCUT2D eigenvalue weighted by Crippen LogP contribution is 2.37. The molecule has 2 saturated heterocycles. The molecule has 11 heteroatoms. The third-order valence-corrected chi connectivity index (χ3v) is 7.61. The maximum Gasteiger partial charge on any atom is 0.393 e. The van der Waals surface area contributed by atoms with E-state index in [-0.39, 0.29) is 36.6 Å². The predicted octanol–water partition coefficient (Wildman–Crippen LogP) is 3.99. The molecule has 3 aromatic rings. The first-order valence-corrected chi connectivity index (χ1v) is 12.8. The number of carbonyl (C=O) groups is 1. The molecule has 8 nitrogen and oxygen atoms in total. The van der Waals surface area contributed by atoms with Crippen LogP contribution in [0.2, 0.25) is 0 Å². The minimum atomic E-state index is -4.36. The molecule has 202 valence electrons. The van der Waals surface area contributed by atoms with E-state index in [9.17, 15) is 18.0 Å². The maximum absolute atomic E-state index is 13.5. The lowest BCUT2D eigenvalue weighted by atomic mass is 9.89. The van der Waals surface area contributed by atoms with Crippen LogP contribution in [-0.2, 0) is 0 Å². The largest absolute Gasteiger partial charge is 0.397 e. The molecule has 4 heterocycles. The van der Waals surface area contributed by atoms with Crippen LogP contribution in [0.1, 0.15) is 41.2 Å². The number of hydrogen-bond donors (Lipinski definition) is 3. The fourth-order valence-corrected chi connectivity index (χ4v) is 5.49. The minimum Gasteiger partial charge on any atom is -0.397 e. The molecular formula is C27H32F3N7O. The number of nitrogens with zero attached hydrogens (tertiary/aromatic N) is 4. The normalized spacial score (nSPS) is 21.6. The highest BCUT2D eigenvalue weighted by molar-refractivity contribution is 6.09. The number of hydrogen-bond acceptors (Lipinski definition) is 7. The number of piperidine rings is 2. The number of fused-ring (bicyclic) bond motifs is 1. The first-order valence-electron chi connectivity index (χ1n) is 12.8. The monoisotopic (exact) mass is 527 g/mol. The van der Waals surface area contributed by atoms with Gasteiger partial charge in [0.05, 0.1) is 34.7 Å². The number of nitrogens with one attached hydrogen (secondary N) is 1. The predicted molar refractivity (Wildman–Crippen MR) is 142 cm³/mol. The summed E-state index contributed by atoms with van der Waals surface area (Å²) in [7, 11) is 2.12. The molecule has 1 amide bonds. The van der Waals surface area contributed by atoms with Crippen molar-refractivity contribution >= 4 is 33.9 Å². The first kappa shape index (κ1) is 26.2. The summed E-state index contributed by atoms with van der Waals surface area (Å²) >= 11 is 0. The van der Waals surface area contributed by atoms with E-state index in [1.165, 1.54) is 18.0 Å². The molecular weight excluding hydrogens is 495 g/mol. The number of alkyl halides is 3. The Labute approximate surface area is 219 Å². The topological polar surface area (TPSA) is 113 Å². The molecule has 2 atom stereocenters. The number of amides is 1. The Balaban J connectivity index is 1.40. The summed E-state index contributed by atoms with van der Waals surface area (Å²) in [4.78, 5) is 25.8. The lowest BCUT2D eigenvalue weighted by Gasteiger charge is -2.39. The van der Waals surface area contributed by atoms with Crippen LogP contribution in [0.4, 0.5) is 30.2 Å². The van der Waals surface area contributed by atoms with Gasteiger partial charge in [-0.25, -0.2) is 4.98 Å². The lowest BCUT2D eigenvalue weighted by Crippen LogP contribution is -2.51. The van der Waals surface area contributed by atoms with Crippen molar-refractivity contribution in [3.05, 3.63) is 54.0 Å². The average molecular weight is 528 g/mol. The van der Waals surface area contributed by atoms with Gasteiger partial charge in [-0.3, -0.25) is 9.78 Å². The van der Waals surface area contributed by atoms with Gasteiger partial charge in [0.15, 0.2) is 5.69 Å². The van der Waals surface area contributed by atoms with Crippen molar-refractivity contribution in [3.8, 4) is 0 Å². The average Bonchev–Trinajstić information content (AvgIpc) is 2.88. The molecule has 2 aliphatic rings. The number of anilines is 3. The van der Waals surface area contributed by atoms with Crippen molar-refractivity contribution in [3.63, 3.8) is 0 Å². The number of carbonyl (C=O) groups excluding carboxylic acids is 1. The molecule has 38 heavy (non-hydrogen) atoms. The molecule has 0 unspecified atom stereocenters. The molecule has 0 saturated carbocycles. The van der Waals surface area contributed by atoms with Crippen LogP contribution in [0, 0.1) is 5.92 Å². The van der Waals surface area contributed by atoms with E-state index >= 15 is 0 Å². The fourth-order valence-electron chi connectivity index (χ4n) is 5.49. The SMILES string of the molecule is CN1CCC(c2ccc3cc(N)c(C(=O)Nc4cnccc4N4C[C@@H](N)C[C@@H](C(F)(F)F)C4)nc3c2)CC1. The molecule has 2 aliphatic heterocycles. The van der Waals surface area contributed by atoms with E-state index in [4.69, 9.17) is 11.5 Å². The van der Waals surface area contributed by atoms with Gasteiger partial charge < -0.3 is 26.6 Å². The Morgan fingerprint density at radius 2 is 1.89 bits per heavy atom. The highest BCUT2D eigenvalue weighted by Gasteiger charge is 2.44. The summed E-state index contributed by atoms with van der Waals surface area (Å²) in [6.07, 6.45) is 0.506. The van der Waals surface area contributed by atoms with Gasteiger partial charge in [-0.15, -0.1) is 0 Å². The number of likely N-dealkylation sites (tertiary alicyclic amines) is 1. The van der Waals surface area contributed by atoms with E-state index in [2.05, 4.69) is 33.3 Å². The number of nitrogen functional groups attached to an aromatic ring is 1. The number of pyridine rings is 2. The second kappa shape index (κ2) is 10.4. The molecule has 1 aromatic carbocycles. The number of nitrogens with two attached hydrogens (primary N) is 2.